The lowest BCUT2D eigenvalue weighted by molar-refractivity contribution is -0.650. The third-order valence-corrected chi connectivity index (χ3v) is 4.35. The predicted molar refractivity (Wildman–Crippen MR) is 93.5 cm³/mol. The average Bonchev–Trinajstić information content (AvgIpc) is 3.15. The number of hydrogen-bond donors (Lipinski definition) is 2. The molecule has 3 N–H and O–H groups in total. The Bertz CT molecular complexity index is 585. The van der Waals surface area contributed by atoms with Gasteiger partial charge >= 0.3 is 0 Å². The van der Waals surface area contributed by atoms with Crippen LogP contribution in [0.15, 0.2) is 60.7 Å². The quantitative estimate of drug-likeness (QED) is 0.813. The summed E-state index contributed by atoms with van der Waals surface area (Å²) in [7, 11) is 0. The van der Waals surface area contributed by atoms with Crippen LogP contribution in [0.1, 0.15) is 30.0 Å². The van der Waals surface area contributed by atoms with Gasteiger partial charge in [-0.05, 0) is 24.0 Å². The topological polar surface area (TPSA) is 54.9 Å². The van der Waals surface area contributed by atoms with E-state index in [1.54, 1.807) is 0 Å². The van der Waals surface area contributed by atoms with Crippen LogP contribution in [0.4, 0.5) is 0 Å². The third-order valence-electron chi connectivity index (χ3n) is 4.35. The molecule has 0 bridgehead atoms. The molecule has 0 aliphatic carbocycles. The Morgan fingerprint density at radius 1 is 1.08 bits per heavy atom. The van der Waals surface area contributed by atoms with Crippen molar-refractivity contribution in [1.82, 2.24) is 5.32 Å². The van der Waals surface area contributed by atoms with E-state index in [2.05, 4.69) is 5.32 Å². The molecule has 1 saturated heterocycles. The van der Waals surface area contributed by atoms with Gasteiger partial charge in [0.25, 0.3) is 5.91 Å². The van der Waals surface area contributed by atoms with Gasteiger partial charge in [0.15, 0.2) is 6.54 Å². The van der Waals surface area contributed by atoms with Gasteiger partial charge in [-0.2, -0.15) is 0 Å². The first-order chi connectivity index (χ1) is 11.8. The average molecular weight is 325 g/mol. The van der Waals surface area contributed by atoms with Gasteiger partial charge in [0.1, 0.15) is 12.6 Å². The van der Waals surface area contributed by atoms with Gasteiger partial charge in [-0.1, -0.05) is 60.7 Å². The second kappa shape index (κ2) is 8.62. The Morgan fingerprint density at radius 3 is 2.25 bits per heavy atom. The van der Waals surface area contributed by atoms with Crippen molar-refractivity contribution in [2.45, 2.75) is 25.0 Å². The maximum absolute atomic E-state index is 12.4. The summed E-state index contributed by atoms with van der Waals surface area (Å²) in [4.78, 5) is 12.4. The Morgan fingerprint density at radius 2 is 1.71 bits per heavy atom. The number of hydrogen-bond acceptors (Lipinski definition) is 2. The lowest BCUT2D eigenvalue weighted by Crippen LogP contribution is -2.88. The van der Waals surface area contributed by atoms with Crippen molar-refractivity contribution in [1.29, 1.82) is 0 Å². The number of carbonyl (C=O) groups excluding carboxylic acids is 1. The molecule has 0 aromatic heterocycles. The number of carbonyl (C=O) groups is 1. The minimum absolute atomic E-state index is 0.0469. The van der Waals surface area contributed by atoms with E-state index in [1.165, 1.54) is 0 Å². The molecule has 1 aliphatic heterocycles. The molecular formula is C20H25N2O2+. The van der Waals surface area contributed by atoms with Crippen LogP contribution in [0.2, 0.25) is 0 Å². The van der Waals surface area contributed by atoms with Crippen LogP contribution < -0.4 is 10.6 Å². The molecule has 0 saturated carbocycles. The predicted octanol–water partition coefficient (Wildman–Crippen LogP) is 1.63. The zero-order chi connectivity index (χ0) is 16.6. The fourth-order valence-corrected chi connectivity index (χ4v) is 3.10. The standard InChI is InChI=1S/C20H24N2O2/c23-19(15-21-14-18-12-7-13-24-18)22-20(16-8-3-1-4-9-16)17-10-5-2-6-11-17/h1-6,8-11,18,20-21H,7,12-15H2,(H,22,23)/p+1/t18-/m1/s1. The summed E-state index contributed by atoms with van der Waals surface area (Å²) in [5.74, 6) is 0.0469. The van der Waals surface area contributed by atoms with Gasteiger partial charge in [0.2, 0.25) is 0 Å². The van der Waals surface area contributed by atoms with E-state index >= 15 is 0 Å². The molecule has 2 aromatic rings. The summed E-state index contributed by atoms with van der Waals surface area (Å²) in [6, 6.07) is 20.1. The minimum atomic E-state index is -0.115. The first-order valence-electron chi connectivity index (χ1n) is 8.65. The highest BCUT2D eigenvalue weighted by Crippen LogP contribution is 2.21. The summed E-state index contributed by atoms with van der Waals surface area (Å²) < 4.78 is 5.59. The number of ether oxygens (including phenoxy) is 1. The maximum atomic E-state index is 12.4. The van der Waals surface area contributed by atoms with Crippen LogP contribution in [0.25, 0.3) is 0 Å². The van der Waals surface area contributed by atoms with Crippen molar-refractivity contribution < 1.29 is 14.8 Å². The lowest BCUT2D eigenvalue weighted by atomic mass is 9.99. The Hall–Kier alpha value is -2.17. The maximum Gasteiger partial charge on any atom is 0.275 e. The zero-order valence-corrected chi connectivity index (χ0v) is 13.9. The van der Waals surface area contributed by atoms with Crippen LogP contribution >= 0.6 is 0 Å². The van der Waals surface area contributed by atoms with Crippen LogP contribution in [0.5, 0.6) is 0 Å². The highest BCUT2D eigenvalue weighted by molar-refractivity contribution is 5.77. The van der Waals surface area contributed by atoms with E-state index in [-0.39, 0.29) is 11.9 Å². The van der Waals surface area contributed by atoms with Crippen molar-refractivity contribution in [3.63, 3.8) is 0 Å². The number of quaternary nitrogens is 1. The van der Waals surface area contributed by atoms with Gasteiger partial charge < -0.3 is 15.4 Å². The van der Waals surface area contributed by atoms with Crippen LogP contribution in [0, 0.1) is 0 Å². The molecule has 1 heterocycles. The number of amides is 1. The van der Waals surface area contributed by atoms with Gasteiger partial charge in [0.05, 0.1) is 6.04 Å². The van der Waals surface area contributed by atoms with Crippen molar-refractivity contribution in [3.8, 4) is 0 Å². The molecule has 0 unspecified atom stereocenters. The van der Waals surface area contributed by atoms with E-state index in [1.807, 2.05) is 66.0 Å². The van der Waals surface area contributed by atoms with Gasteiger partial charge in [-0.3, -0.25) is 4.79 Å². The Balaban J connectivity index is 1.60. The molecule has 24 heavy (non-hydrogen) atoms. The van der Waals surface area contributed by atoms with Crippen molar-refractivity contribution in [2.75, 3.05) is 19.7 Å². The molecular weight excluding hydrogens is 300 g/mol. The highest BCUT2D eigenvalue weighted by atomic mass is 16.5. The molecule has 1 atom stereocenters. The molecule has 3 rings (SSSR count). The van der Waals surface area contributed by atoms with Gasteiger partial charge in [0, 0.05) is 6.61 Å². The van der Waals surface area contributed by atoms with E-state index < -0.39 is 0 Å². The molecule has 0 spiro atoms. The fourth-order valence-electron chi connectivity index (χ4n) is 3.10. The lowest BCUT2D eigenvalue weighted by Gasteiger charge is -2.19. The van der Waals surface area contributed by atoms with E-state index in [4.69, 9.17) is 4.74 Å². The van der Waals surface area contributed by atoms with E-state index in [9.17, 15) is 4.79 Å². The molecule has 2 aromatic carbocycles. The van der Waals surface area contributed by atoms with E-state index in [0.717, 1.165) is 37.1 Å². The number of benzene rings is 2. The van der Waals surface area contributed by atoms with Gasteiger partial charge in [-0.15, -0.1) is 0 Å². The first-order valence-corrected chi connectivity index (χ1v) is 8.65. The van der Waals surface area contributed by atoms with Crippen molar-refractivity contribution in [3.05, 3.63) is 71.8 Å². The van der Waals surface area contributed by atoms with Crippen LogP contribution in [0.3, 0.4) is 0 Å². The molecule has 1 fully saturated rings. The smallest absolute Gasteiger partial charge is 0.275 e. The summed E-state index contributed by atoms with van der Waals surface area (Å²) in [5.41, 5.74) is 2.19. The Labute approximate surface area is 143 Å². The summed E-state index contributed by atoms with van der Waals surface area (Å²) in [6.07, 6.45) is 2.54. The van der Waals surface area contributed by atoms with Gasteiger partial charge in [-0.25, -0.2) is 0 Å². The second-order valence-electron chi connectivity index (χ2n) is 6.19. The molecule has 1 amide bonds. The summed E-state index contributed by atoms with van der Waals surface area (Å²) in [6.45, 7) is 2.14. The van der Waals surface area contributed by atoms with Crippen LogP contribution in [-0.4, -0.2) is 31.7 Å². The van der Waals surface area contributed by atoms with Crippen molar-refractivity contribution >= 4 is 5.91 Å². The first kappa shape index (κ1) is 16.7. The monoisotopic (exact) mass is 325 g/mol. The number of rotatable bonds is 7. The third kappa shape index (κ3) is 4.66. The fraction of sp³-hybridized carbons (Fsp3) is 0.350. The molecule has 4 nitrogen and oxygen atoms in total. The number of nitrogens with one attached hydrogen (secondary N) is 1. The van der Waals surface area contributed by atoms with E-state index in [0.29, 0.717) is 12.6 Å². The zero-order valence-electron chi connectivity index (χ0n) is 13.9. The molecule has 4 heteroatoms. The highest BCUT2D eigenvalue weighted by Gasteiger charge is 2.20. The minimum Gasteiger partial charge on any atom is -0.372 e. The van der Waals surface area contributed by atoms with Crippen molar-refractivity contribution in [2.24, 2.45) is 0 Å². The van der Waals surface area contributed by atoms with Crippen LogP contribution in [-0.2, 0) is 9.53 Å². The second-order valence-corrected chi connectivity index (χ2v) is 6.19. The normalized spacial score (nSPS) is 17.1. The summed E-state index contributed by atoms with van der Waals surface area (Å²) >= 11 is 0. The Kier molecular flexibility index (Phi) is 5.99. The number of nitrogens with two attached hydrogens (primary N) is 1. The molecule has 1 aliphatic rings. The molecule has 126 valence electrons. The SMILES string of the molecule is O=C(C[NH2+]C[C@H]1CCCO1)NC(c1ccccc1)c1ccccc1. The summed E-state index contributed by atoms with van der Waals surface area (Å²) in [5, 5.41) is 5.20. The molecule has 0 radical (unpaired) electrons. The largest absolute Gasteiger partial charge is 0.372 e.